The molecule has 2 atom stereocenters. The highest BCUT2D eigenvalue weighted by Crippen LogP contribution is 2.24. The van der Waals surface area contributed by atoms with Gasteiger partial charge in [0.25, 0.3) is 6.04 Å². The van der Waals surface area contributed by atoms with Gasteiger partial charge in [-0.2, -0.15) is 0 Å². The molecule has 1 nitrogen and oxygen atoms in total. The molecule has 0 bridgehead atoms. The van der Waals surface area contributed by atoms with E-state index in [0.29, 0.717) is 6.42 Å². The van der Waals surface area contributed by atoms with Gasteiger partial charge in [0.1, 0.15) is 0 Å². The fourth-order valence-corrected chi connectivity index (χ4v) is 1.04. The average molecular weight is 113 g/mol. The summed E-state index contributed by atoms with van der Waals surface area (Å²) in [6, 6.07) is -0.310. The van der Waals surface area contributed by atoms with E-state index in [1.54, 1.807) is 0 Å². The van der Waals surface area contributed by atoms with E-state index in [-0.39, 0.29) is 6.04 Å². The summed E-state index contributed by atoms with van der Waals surface area (Å²) in [5, 5.41) is 0. The SMILES string of the molecule is [C-]#[N+]C1CCCC1F. The van der Waals surface area contributed by atoms with Gasteiger partial charge in [-0.05, 0) is 12.8 Å². The van der Waals surface area contributed by atoms with Gasteiger partial charge in [0.05, 0.1) is 0 Å². The first kappa shape index (κ1) is 5.55. The van der Waals surface area contributed by atoms with Crippen LogP contribution >= 0.6 is 0 Å². The summed E-state index contributed by atoms with van der Waals surface area (Å²) >= 11 is 0. The van der Waals surface area contributed by atoms with Crippen LogP contribution < -0.4 is 0 Å². The molecule has 0 N–H and O–H groups in total. The van der Waals surface area contributed by atoms with Crippen LogP contribution in [0.1, 0.15) is 19.3 Å². The Hall–Kier alpha value is -0.580. The molecule has 1 rings (SSSR count). The van der Waals surface area contributed by atoms with Crippen LogP contribution in [0.2, 0.25) is 0 Å². The Morgan fingerprint density at radius 3 is 2.50 bits per heavy atom. The van der Waals surface area contributed by atoms with Crippen molar-refractivity contribution in [3.63, 3.8) is 0 Å². The van der Waals surface area contributed by atoms with E-state index in [4.69, 9.17) is 6.57 Å². The zero-order chi connectivity index (χ0) is 5.98. The lowest BCUT2D eigenvalue weighted by atomic mass is 10.2. The summed E-state index contributed by atoms with van der Waals surface area (Å²) < 4.78 is 12.4. The van der Waals surface area contributed by atoms with Gasteiger partial charge in [0.2, 0.25) is 0 Å². The molecule has 1 fully saturated rings. The number of alkyl halides is 1. The molecular formula is C6H8FN. The number of hydrogen-bond acceptors (Lipinski definition) is 0. The minimum atomic E-state index is -0.826. The van der Waals surface area contributed by atoms with Crippen LogP contribution in [0.4, 0.5) is 4.39 Å². The molecule has 0 spiro atoms. The summed E-state index contributed by atoms with van der Waals surface area (Å²) in [5.74, 6) is 0. The molecule has 2 unspecified atom stereocenters. The van der Waals surface area contributed by atoms with Gasteiger partial charge in [-0.25, -0.2) is 11.0 Å². The van der Waals surface area contributed by atoms with Crippen LogP contribution in [0.5, 0.6) is 0 Å². The summed E-state index contributed by atoms with van der Waals surface area (Å²) in [4.78, 5) is 3.14. The van der Waals surface area contributed by atoms with Crippen molar-refractivity contribution in [3.8, 4) is 0 Å². The topological polar surface area (TPSA) is 4.36 Å². The highest BCUT2D eigenvalue weighted by molar-refractivity contribution is 4.90. The van der Waals surface area contributed by atoms with Gasteiger partial charge >= 0.3 is 0 Å². The van der Waals surface area contributed by atoms with E-state index in [0.717, 1.165) is 12.8 Å². The average Bonchev–Trinajstić information content (AvgIpc) is 2.14. The molecule has 0 aromatic carbocycles. The first-order valence-electron chi connectivity index (χ1n) is 2.85. The smallest absolute Gasteiger partial charge is 0.254 e. The third kappa shape index (κ3) is 0.812. The molecule has 44 valence electrons. The summed E-state index contributed by atoms with van der Waals surface area (Å²) in [6.07, 6.45) is 1.44. The van der Waals surface area contributed by atoms with Crippen LogP contribution in [-0.2, 0) is 0 Å². The third-order valence-corrected chi connectivity index (χ3v) is 1.56. The molecule has 0 saturated heterocycles. The van der Waals surface area contributed by atoms with Crippen molar-refractivity contribution >= 4 is 0 Å². The van der Waals surface area contributed by atoms with Crippen molar-refractivity contribution in [1.82, 2.24) is 0 Å². The molecule has 0 heterocycles. The Morgan fingerprint density at radius 1 is 1.50 bits per heavy atom. The quantitative estimate of drug-likeness (QED) is 0.422. The summed E-state index contributed by atoms with van der Waals surface area (Å²) in [6.45, 7) is 6.52. The van der Waals surface area contributed by atoms with Crippen LogP contribution in [0.3, 0.4) is 0 Å². The fourth-order valence-electron chi connectivity index (χ4n) is 1.04. The molecule has 0 aromatic rings. The summed E-state index contributed by atoms with van der Waals surface area (Å²) in [5.41, 5.74) is 0. The van der Waals surface area contributed by atoms with Crippen molar-refractivity contribution in [3.05, 3.63) is 11.4 Å². The molecule has 1 aliphatic rings. The second kappa shape index (κ2) is 2.13. The predicted molar refractivity (Wildman–Crippen MR) is 29.1 cm³/mol. The summed E-state index contributed by atoms with van der Waals surface area (Å²) in [7, 11) is 0. The van der Waals surface area contributed by atoms with Crippen molar-refractivity contribution < 1.29 is 4.39 Å². The lowest BCUT2D eigenvalue weighted by molar-refractivity contribution is 0.332. The standard InChI is InChI=1S/C6H8FN/c1-8-6-4-2-3-5(6)7/h5-6H,2-4H2. The highest BCUT2D eigenvalue weighted by Gasteiger charge is 2.31. The third-order valence-electron chi connectivity index (χ3n) is 1.56. The van der Waals surface area contributed by atoms with Gasteiger partial charge in [-0.15, -0.1) is 0 Å². The molecule has 0 radical (unpaired) electrons. The van der Waals surface area contributed by atoms with Crippen LogP contribution in [0.25, 0.3) is 4.85 Å². The molecule has 0 amide bonds. The molecule has 2 heteroatoms. The first-order chi connectivity index (χ1) is 3.84. The Kier molecular flexibility index (Phi) is 1.48. The van der Waals surface area contributed by atoms with E-state index in [2.05, 4.69) is 4.85 Å². The van der Waals surface area contributed by atoms with E-state index in [1.165, 1.54) is 0 Å². The second-order valence-electron chi connectivity index (χ2n) is 2.14. The lowest BCUT2D eigenvalue weighted by Gasteiger charge is -1.94. The predicted octanol–water partition coefficient (Wildman–Crippen LogP) is 1.80. The van der Waals surface area contributed by atoms with Gasteiger partial charge in [0, 0.05) is 6.42 Å². The fraction of sp³-hybridized carbons (Fsp3) is 0.833. The van der Waals surface area contributed by atoms with Gasteiger partial charge < -0.3 is 4.85 Å². The van der Waals surface area contributed by atoms with E-state index in [9.17, 15) is 4.39 Å². The first-order valence-corrected chi connectivity index (χ1v) is 2.85. The largest absolute Gasteiger partial charge is 0.310 e. The minimum Gasteiger partial charge on any atom is -0.310 e. The van der Waals surface area contributed by atoms with Crippen molar-refractivity contribution in [1.29, 1.82) is 0 Å². The van der Waals surface area contributed by atoms with Crippen LogP contribution in [0.15, 0.2) is 0 Å². The Morgan fingerprint density at radius 2 is 2.25 bits per heavy atom. The molecule has 1 saturated carbocycles. The monoisotopic (exact) mass is 113 g/mol. The van der Waals surface area contributed by atoms with Gasteiger partial charge in [0.15, 0.2) is 6.17 Å². The van der Waals surface area contributed by atoms with Gasteiger partial charge in [-0.3, -0.25) is 0 Å². The highest BCUT2D eigenvalue weighted by atomic mass is 19.1. The second-order valence-corrected chi connectivity index (χ2v) is 2.14. The van der Waals surface area contributed by atoms with Crippen molar-refractivity contribution in [2.45, 2.75) is 31.5 Å². The van der Waals surface area contributed by atoms with E-state index in [1.807, 2.05) is 0 Å². The zero-order valence-electron chi connectivity index (χ0n) is 4.60. The normalized spacial score (nSPS) is 37.0. The van der Waals surface area contributed by atoms with Crippen molar-refractivity contribution in [2.75, 3.05) is 0 Å². The van der Waals surface area contributed by atoms with Crippen molar-refractivity contribution in [2.24, 2.45) is 0 Å². The number of rotatable bonds is 0. The molecule has 0 aromatic heterocycles. The number of halogens is 1. The molecule has 8 heavy (non-hydrogen) atoms. The molecular weight excluding hydrogens is 105 g/mol. The maximum absolute atomic E-state index is 12.4. The van der Waals surface area contributed by atoms with Gasteiger partial charge in [-0.1, -0.05) is 0 Å². The Labute approximate surface area is 48.3 Å². The maximum Gasteiger partial charge on any atom is 0.254 e. The molecule has 1 aliphatic carbocycles. The Bertz CT molecular complexity index is 116. The maximum atomic E-state index is 12.4. The Balaban J connectivity index is 2.45. The number of nitrogens with zero attached hydrogens (tertiary/aromatic N) is 1. The minimum absolute atomic E-state index is 0.310. The van der Waals surface area contributed by atoms with Crippen LogP contribution in [-0.4, -0.2) is 12.2 Å². The van der Waals surface area contributed by atoms with E-state index < -0.39 is 6.17 Å². The van der Waals surface area contributed by atoms with Crippen LogP contribution in [0, 0.1) is 6.57 Å². The molecule has 0 aliphatic heterocycles. The number of hydrogen-bond donors (Lipinski definition) is 0. The zero-order valence-corrected chi connectivity index (χ0v) is 4.60. The lowest BCUT2D eigenvalue weighted by Crippen LogP contribution is -2.08. The van der Waals surface area contributed by atoms with E-state index >= 15 is 0 Å².